The molecule has 0 aliphatic heterocycles. The summed E-state index contributed by atoms with van der Waals surface area (Å²) in [5.41, 5.74) is 1.68. The van der Waals surface area contributed by atoms with Crippen molar-refractivity contribution in [2.75, 3.05) is 25.5 Å². The Kier molecular flexibility index (Phi) is 6.70. The van der Waals surface area contributed by atoms with Crippen LogP contribution in [0.15, 0.2) is 0 Å². The van der Waals surface area contributed by atoms with Crippen LogP contribution in [0.2, 0.25) is 0 Å². The van der Waals surface area contributed by atoms with E-state index in [-0.39, 0.29) is 11.9 Å². The summed E-state index contributed by atoms with van der Waals surface area (Å²) >= 11 is 1.55. The third-order valence-electron chi connectivity index (χ3n) is 5.49. The first kappa shape index (κ1) is 19.4. The molecule has 144 valence electrons. The number of aryl methyl sites for hydroxylation is 1. The van der Waals surface area contributed by atoms with Crippen molar-refractivity contribution in [1.82, 2.24) is 4.90 Å². The maximum absolute atomic E-state index is 12.6. The van der Waals surface area contributed by atoms with Crippen LogP contribution in [0.5, 0.6) is 0 Å². The van der Waals surface area contributed by atoms with Crippen LogP contribution in [0, 0.1) is 0 Å². The lowest BCUT2D eigenvalue weighted by Gasteiger charge is -2.26. The number of rotatable bonds is 6. The van der Waals surface area contributed by atoms with Gasteiger partial charge in [0.2, 0.25) is 5.91 Å². The van der Waals surface area contributed by atoms with Crippen molar-refractivity contribution in [3.63, 3.8) is 0 Å². The highest BCUT2D eigenvalue weighted by Gasteiger charge is 2.28. The summed E-state index contributed by atoms with van der Waals surface area (Å²) in [6, 6.07) is 0.487. The second-order valence-electron chi connectivity index (χ2n) is 7.39. The van der Waals surface area contributed by atoms with Gasteiger partial charge in [-0.3, -0.25) is 9.69 Å². The molecule has 0 saturated heterocycles. The molecule has 2 aliphatic rings. The summed E-state index contributed by atoms with van der Waals surface area (Å²) in [7, 11) is 2.04. The normalized spacial score (nSPS) is 17.8. The molecule has 1 saturated carbocycles. The van der Waals surface area contributed by atoms with Gasteiger partial charge in [0.1, 0.15) is 5.00 Å². The molecule has 1 N–H and O–H groups in total. The van der Waals surface area contributed by atoms with E-state index in [4.69, 9.17) is 4.74 Å². The maximum atomic E-state index is 12.6. The minimum Gasteiger partial charge on any atom is -0.462 e. The summed E-state index contributed by atoms with van der Waals surface area (Å²) in [5, 5.41) is 3.68. The number of hydrogen-bond acceptors (Lipinski definition) is 5. The van der Waals surface area contributed by atoms with Crippen molar-refractivity contribution < 1.29 is 14.3 Å². The van der Waals surface area contributed by atoms with Gasteiger partial charge in [0.15, 0.2) is 0 Å². The number of nitrogens with zero attached hydrogens (tertiary/aromatic N) is 1. The van der Waals surface area contributed by atoms with Gasteiger partial charge in [-0.1, -0.05) is 25.7 Å². The summed E-state index contributed by atoms with van der Waals surface area (Å²) in [6.45, 7) is 2.53. The van der Waals surface area contributed by atoms with Crippen LogP contribution in [-0.4, -0.2) is 43.0 Å². The Hall–Kier alpha value is -1.40. The average molecular weight is 379 g/mol. The Morgan fingerprint density at radius 1 is 1.15 bits per heavy atom. The molecule has 2 aliphatic carbocycles. The molecule has 1 fully saturated rings. The molecule has 1 aromatic heterocycles. The number of amides is 1. The van der Waals surface area contributed by atoms with E-state index in [0.29, 0.717) is 29.8 Å². The zero-order chi connectivity index (χ0) is 18.5. The molecule has 6 heteroatoms. The van der Waals surface area contributed by atoms with E-state index in [1.807, 2.05) is 14.0 Å². The lowest BCUT2D eigenvalue weighted by atomic mass is 10.1. The van der Waals surface area contributed by atoms with Gasteiger partial charge >= 0.3 is 5.97 Å². The van der Waals surface area contributed by atoms with E-state index in [1.54, 1.807) is 11.3 Å². The van der Waals surface area contributed by atoms with Crippen molar-refractivity contribution in [3.8, 4) is 0 Å². The number of likely N-dealkylation sites (N-methyl/N-ethyl adjacent to an activating group) is 1. The highest BCUT2D eigenvalue weighted by atomic mass is 32.1. The topological polar surface area (TPSA) is 58.6 Å². The van der Waals surface area contributed by atoms with Crippen LogP contribution in [0.1, 0.15) is 72.7 Å². The molecule has 3 rings (SSSR count). The lowest BCUT2D eigenvalue weighted by molar-refractivity contribution is -0.117. The van der Waals surface area contributed by atoms with E-state index in [9.17, 15) is 9.59 Å². The number of ether oxygens (including phenoxy) is 1. The Labute approximate surface area is 160 Å². The average Bonchev–Trinajstić information content (AvgIpc) is 3.04. The molecule has 1 aromatic rings. The van der Waals surface area contributed by atoms with Crippen LogP contribution in [0.25, 0.3) is 0 Å². The summed E-state index contributed by atoms with van der Waals surface area (Å²) in [4.78, 5) is 28.4. The predicted molar refractivity (Wildman–Crippen MR) is 105 cm³/mol. The van der Waals surface area contributed by atoms with Gasteiger partial charge in [-0.25, -0.2) is 4.79 Å². The van der Waals surface area contributed by atoms with E-state index >= 15 is 0 Å². The van der Waals surface area contributed by atoms with Crippen molar-refractivity contribution >= 4 is 28.2 Å². The number of carbonyl (C=O) groups is 2. The molecule has 0 radical (unpaired) electrons. The molecule has 5 nitrogen and oxygen atoms in total. The standard InChI is InChI=1S/C20H30N2O3S/c1-3-25-20(24)18-15-11-8-12-16(15)26-19(18)21-17(23)13-22(2)14-9-6-4-5-7-10-14/h14H,3-13H2,1-2H3,(H,21,23). The number of esters is 1. The van der Waals surface area contributed by atoms with Crippen LogP contribution >= 0.6 is 11.3 Å². The minimum absolute atomic E-state index is 0.0396. The Balaban J connectivity index is 1.66. The molecule has 0 spiro atoms. The molecule has 1 amide bonds. The van der Waals surface area contributed by atoms with E-state index < -0.39 is 0 Å². The van der Waals surface area contributed by atoms with Crippen molar-refractivity contribution in [3.05, 3.63) is 16.0 Å². The molecule has 0 bridgehead atoms. The molecule has 0 atom stereocenters. The van der Waals surface area contributed by atoms with Crippen molar-refractivity contribution in [2.24, 2.45) is 0 Å². The number of fused-ring (bicyclic) bond motifs is 1. The summed E-state index contributed by atoms with van der Waals surface area (Å²) < 4.78 is 5.23. The number of thiophene rings is 1. The van der Waals surface area contributed by atoms with Crippen molar-refractivity contribution in [1.29, 1.82) is 0 Å². The molecule has 26 heavy (non-hydrogen) atoms. The van der Waals surface area contributed by atoms with Gasteiger partial charge in [-0.2, -0.15) is 0 Å². The monoisotopic (exact) mass is 378 g/mol. The quantitative estimate of drug-likeness (QED) is 0.600. The van der Waals surface area contributed by atoms with Crippen LogP contribution in [0.4, 0.5) is 5.00 Å². The fraction of sp³-hybridized carbons (Fsp3) is 0.700. The van der Waals surface area contributed by atoms with E-state index in [1.165, 1.54) is 43.4 Å². The number of hydrogen-bond donors (Lipinski definition) is 1. The third kappa shape index (κ3) is 4.46. The molecule has 1 heterocycles. The first-order chi connectivity index (χ1) is 12.6. The Morgan fingerprint density at radius 2 is 1.88 bits per heavy atom. The first-order valence-electron chi connectivity index (χ1n) is 9.92. The first-order valence-corrected chi connectivity index (χ1v) is 10.7. The predicted octanol–water partition coefficient (Wildman–Crippen LogP) is 4.01. The number of carbonyl (C=O) groups excluding carboxylic acids is 2. The van der Waals surface area contributed by atoms with Gasteiger partial charge in [-0.15, -0.1) is 11.3 Å². The van der Waals surface area contributed by atoms with Gasteiger partial charge < -0.3 is 10.1 Å². The maximum Gasteiger partial charge on any atom is 0.341 e. The molecule has 0 aromatic carbocycles. The van der Waals surface area contributed by atoms with Crippen LogP contribution in [0.3, 0.4) is 0 Å². The molecule has 0 unspecified atom stereocenters. The number of anilines is 1. The molecular weight excluding hydrogens is 348 g/mol. The minimum atomic E-state index is -0.306. The summed E-state index contributed by atoms with van der Waals surface area (Å²) in [6.07, 6.45) is 10.4. The van der Waals surface area contributed by atoms with E-state index in [0.717, 1.165) is 24.8 Å². The second kappa shape index (κ2) is 9.00. The molecular formula is C20H30N2O3S. The fourth-order valence-electron chi connectivity index (χ4n) is 4.13. The zero-order valence-electron chi connectivity index (χ0n) is 15.9. The largest absolute Gasteiger partial charge is 0.462 e. The van der Waals surface area contributed by atoms with Crippen LogP contribution in [-0.2, 0) is 22.4 Å². The van der Waals surface area contributed by atoms with Gasteiger partial charge in [0.25, 0.3) is 0 Å². The SMILES string of the molecule is CCOC(=O)c1c(NC(=O)CN(C)C2CCCCCC2)sc2c1CCC2. The highest BCUT2D eigenvalue weighted by Crippen LogP contribution is 2.39. The zero-order valence-corrected chi connectivity index (χ0v) is 16.8. The third-order valence-corrected chi connectivity index (χ3v) is 6.70. The second-order valence-corrected chi connectivity index (χ2v) is 8.50. The van der Waals surface area contributed by atoms with Crippen molar-refractivity contribution in [2.45, 2.75) is 70.8 Å². The number of nitrogens with one attached hydrogen (secondary N) is 1. The smallest absolute Gasteiger partial charge is 0.341 e. The van der Waals surface area contributed by atoms with Crippen LogP contribution < -0.4 is 5.32 Å². The summed E-state index contributed by atoms with van der Waals surface area (Å²) in [5.74, 6) is -0.346. The van der Waals surface area contributed by atoms with Gasteiger partial charge in [0.05, 0.1) is 18.7 Å². The van der Waals surface area contributed by atoms with Gasteiger partial charge in [0, 0.05) is 10.9 Å². The fourth-order valence-corrected chi connectivity index (χ4v) is 5.43. The van der Waals surface area contributed by atoms with Gasteiger partial charge in [-0.05, 0) is 51.6 Å². The Bertz CT molecular complexity index is 648. The highest BCUT2D eigenvalue weighted by molar-refractivity contribution is 7.17. The Morgan fingerprint density at radius 3 is 2.58 bits per heavy atom. The lowest BCUT2D eigenvalue weighted by Crippen LogP contribution is -2.37. The van der Waals surface area contributed by atoms with E-state index in [2.05, 4.69) is 10.2 Å².